The number of esters is 1. The fourth-order valence-corrected chi connectivity index (χ4v) is 4.30. The Morgan fingerprint density at radius 1 is 0.767 bits per heavy atom. The van der Waals surface area contributed by atoms with Gasteiger partial charge in [-0.25, -0.2) is 4.79 Å². The first kappa shape index (κ1) is 31.0. The van der Waals surface area contributed by atoms with Crippen molar-refractivity contribution in [2.45, 2.75) is 31.9 Å². The van der Waals surface area contributed by atoms with Crippen molar-refractivity contribution in [1.82, 2.24) is 5.32 Å². The quantitative estimate of drug-likeness (QED) is 0.192. The van der Waals surface area contributed by atoms with Crippen molar-refractivity contribution in [3.63, 3.8) is 0 Å². The second-order valence-electron chi connectivity index (χ2n) is 9.47. The molecule has 0 aliphatic carbocycles. The van der Waals surface area contributed by atoms with E-state index >= 15 is 0 Å². The lowest BCUT2D eigenvalue weighted by molar-refractivity contribution is -0.143. The minimum Gasteiger partial charge on any atom is -0.493 e. The molecule has 1 amide bonds. The van der Waals surface area contributed by atoms with Crippen molar-refractivity contribution in [2.75, 3.05) is 14.2 Å². The van der Waals surface area contributed by atoms with Crippen LogP contribution in [-0.4, -0.2) is 32.1 Å². The van der Waals surface area contributed by atoms with Crippen molar-refractivity contribution in [3.05, 3.63) is 125 Å². The zero-order valence-electron chi connectivity index (χ0n) is 23.5. The number of carbonyl (C=O) groups excluding carboxylic acids is 2. The number of ether oxygens (including phenoxy) is 4. The molecule has 0 spiro atoms. The fraction of sp³-hybridized carbons (Fsp3) is 0.212. The predicted molar refractivity (Wildman–Crippen MR) is 153 cm³/mol. The summed E-state index contributed by atoms with van der Waals surface area (Å²) in [4.78, 5) is 25.8. The van der Waals surface area contributed by atoms with Gasteiger partial charge in [-0.15, -0.1) is 0 Å². The zero-order valence-corrected chi connectivity index (χ0v) is 23.5. The first-order valence-electron chi connectivity index (χ1n) is 13.3. The Balaban J connectivity index is 1.67. The third-order valence-corrected chi connectivity index (χ3v) is 6.50. The largest absolute Gasteiger partial charge is 0.493 e. The summed E-state index contributed by atoms with van der Waals surface area (Å²) in [5.41, 5.74) is 0.990. The number of nitrogens with one attached hydrogen (secondary N) is 1. The predicted octanol–water partition coefficient (Wildman–Crippen LogP) is 6.39. The molecule has 7 nitrogen and oxygen atoms in total. The van der Waals surface area contributed by atoms with Crippen molar-refractivity contribution in [3.8, 4) is 17.2 Å². The number of carbonyl (C=O) groups is 2. The number of halogens is 3. The summed E-state index contributed by atoms with van der Waals surface area (Å²) in [5.74, 6) is -0.724. The van der Waals surface area contributed by atoms with Gasteiger partial charge in [0, 0.05) is 17.5 Å². The van der Waals surface area contributed by atoms with Crippen molar-refractivity contribution in [2.24, 2.45) is 0 Å². The van der Waals surface area contributed by atoms with E-state index in [-0.39, 0.29) is 36.7 Å². The zero-order chi connectivity index (χ0) is 30.8. The second-order valence-corrected chi connectivity index (χ2v) is 9.47. The van der Waals surface area contributed by atoms with E-state index in [2.05, 4.69) is 5.32 Å². The minimum atomic E-state index is -4.64. The minimum absolute atomic E-state index is 0.118. The molecule has 0 aliphatic rings. The third kappa shape index (κ3) is 8.28. The Morgan fingerprint density at radius 3 is 1.93 bits per heavy atom. The maximum atomic E-state index is 13.2. The molecule has 4 rings (SSSR count). The van der Waals surface area contributed by atoms with Gasteiger partial charge in [0.25, 0.3) is 5.91 Å². The molecule has 0 unspecified atom stereocenters. The second kappa shape index (κ2) is 14.3. The Morgan fingerprint density at radius 2 is 1.37 bits per heavy atom. The first-order chi connectivity index (χ1) is 20.7. The molecule has 0 radical (unpaired) electrons. The van der Waals surface area contributed by atoms with Gasteiger partial charge in [0.2, 0.25) is 5.75 Å². The van der Waals surface area contributed by atoms with Crippen LogP contribution in [0.2, 0.25) is 0 Å². The van der Waals surface area contributed by atoms with Gasteiger partial charge in [-0.3, -0.25) is 4.79 Å². The number of benzene rings is 4. The average molecular weight is 594 g/mol. The monoisotopic (exact) mass is 593 g/mol. The molecule has 4 aromatic rings. The molecule has 0 saturated heterocycles. The van der Waals surface area contributed by atoms with Gasteiger partial charge < -0.3 is 24.3 Å². The van der Waals surface area contributed by atoms with E-state index in [9.17, 15) is 22.8 Å². The normalized spacial score (nSPS) is 11.7. The van der Waals surface area contributed by atoms with Crippen LogP contribution in [-0.2, 0) is 35.3 Å². The molecular formula is C33H30F3NO6. The molecule has 0 heterocycles. The Hall–Kier alpha value is -4.99. The lowest BCUT2D eigenvalue weighted by Crippen LogP contribution is -2.43. The molecule has 4 aromatic carbocycles. The smallest absolute Gasteiger partial charge is 0.416 e. The van der Waals surface area contributed by atoms with Gasteiger partial charge in [-0.2, -0.15) is 13.2 Å². The summed E-state index contributed by atoms with van der Waals surface area (Å²) in [5, 5.41) is 2.51. The van der Waals surface area contributed by atoms with Gasteiger partial charge in [0.15, 0.2) is 11.5 Å². The summed E-state index contributed by atoms with van der Waals surface area (Å²) in [6, 6.07) is 24.8. The molecule has 1 atom stereocenters. The molecule has 1 N–H and O–H groups in total. The SMILES string of the molecule is COC(=O)[C@H](Cc1ccc(OC)c(OCc2ccccc2)c1OCc1ccccc1)NC(=O)c1cccc(C(F)(F)F)c1. The molecule has 224 valence electrons. The van der Waals surface area contributed by atoms with E-state index in [0.717, 1.165) is 36.4 Å². The van der Waals surface area contributed by atoms with E-state index in [0.29, 0.717) is 11.3 Å². The Kier molecular flexibility index (Phi) is 10.3. The first-order valence-corrected chi connectivity index (χ1v) is 13.3. The third-order valence-electron chi connectivity index (χ3n) is 6.50. The number of hydrogen-bond donors (Lipinski definition) is 1. The average Bonchev–Trinajstić information content (AvgIpc) is 3.03. The van der Waals surface area contributed by atoms with Gasteiger partial charge in [-0.05, 0) is 35.4 Å². The van der Waals surface area contributed by atoms with Crippen molar-refractivity contribution in [1.29, 1.82) is 0 Å². The molecular weight excluding hydrogens is 563 g/mol. The lowest BCUT2D eigenvalue weighted by Gasteiger charge is -2.22. The highest BCUT2D eigenvalue weighted by Crippen LogP contribution is 2.42. The maximum Gasteiger partial charge on any atom is 0.416 e. The van der Waals surface area contributed by atoms with Gasteiger partial charge >= 0.3 is 12.1 Å². The van der Waals surface area contributed by atoms with Crippen LogP contribution < -0.4 is 19.5 Å². The van der Waals surface area contributed by atoms with Gasteiger partial charge in [-0.1, -0.05) is 72.8 Å². The fourth-order valence-electron chi connectivity index (χ4n) is 4.30. The summed E-state index contributed by atoms with van der Waals surface area (Å²) in [6.07, 6.45) is -4.75. The molecule has 0 aromatic heterocycles. The Bertz CT molecular complexity index is 1530. The molecule has 0 fully saturated rings. The molecule has 43 heavy (non-hydrogen) atoms. The summed E-state index contributed by atoms with van der Waals surface area (Å²) in [7, 11) is 2.64. The van der Waals surface area contributed by atoms with Crippen LogP contribution in [0.5, 0.6) is 17.2 Å². The van der Waals surface area contributed by atoms with Crippen LogP contribution in [0.25, 0.3) is 0 Å². The van der Waals surface area contributed by atoms with Crippen LogP contribution in [0.4, 0.5) is 13.2 Å². The molecule has 10 heteroatoms. The lowest BCUT2D eigenvalue weighted by atomic mass is 10.0. The Labute approximate surface area is 247 Å². The molecule has 0 aliphatic heterocycles. The van der Waals surface area contributed by atoms with E-state index in [1.807, 2.05) is 60.7 Å². The van der Waals surface area contributed by atoms with Crippen molar-refractivity contribution >= 4 is 11.9 Å². The highest BCUT2D eigenvalue weighted by Gasteiger charge is 2.32. The molecule has 0 saturated carbocycles. The topological polar surface area (TPSA) is 83.1 Å². The van der Waals surface area contributed by atoms with Crippen LogP contribution >= 0.6 is 0 Å². The van der Waals surface area contributed by atoms with Gasteiger partial charge in [0.1, 0.15) is 19.3 Å². The molecule has 0 bridgehead atoms. The summed E-state index contributed by atoms with van der Waals surface area (Å²) >= 11 is 0. The van der Waals surface area contributed by atoms with Crippen LogP contribution in [0.3, 0.4) is 0 Å². The number of rotatable bonds is 12. The standard InChI is InChI=1S/C33H30F3NO6/c1-40-28-17-16-24(19-27(32(39)41-2)37-31(38)25-14-9-15-26(18-25)33(34,35)36)29(42-20-22-10-5-3-6-11-22)30(28)43-21-23-12-7-4-8-13-23/h3-18,27H,19-21H2,1-2H3,(H,37,38)/t27-/m0/s1. The van der Waals surface area contributed by atoms with E-state index in [1.165, 1.54) is 13.2 Å². The number of alkyl halides is 3. The van der Waals surface area contributed by atoms with Crippen LogP contribution in [0.1, 0.15) is 32.6 Å². The summed E-state index contributed by atoms with van der Waals surface area (Å²) in [6.45, 7) is 0.344. The highest BCUT2D eigenvalue weighted by molar-refractivity contribution is 5.97. The maximum absolute atomic E-state index is 13.2. The van der Waals surface area contributed by atoms with Gasteiger partial charge in [0.05, 0.1) is 19.8 Å². The van der Waals surface area contributed by atoms with Crippen LogP contribution in [0, 0.1) is 0 Å². The van der Waals surface area contributed by atoms with E-state index in [1.54, 1.807) is 12.1 Å². The number of hydrogen-bond acceptors (Lipinski definition) is 6. The van der Waals surface area contributed by atoms with E-state index in [4.69, 9.17) is 18.9 Å². The van der Waals surface area contributed by atoms with Crippen LogP contribution in [0.15, 0.2) is 97.1 Å². The number of methoxy groups -OCH3 is 2. The summed E-state index contributed by atoms with van der Waals surface area (Å²) < 4.78 is 62.6. The van der Waals surface area contributed by atoms with Crippen molar-refractivity contribution < 1.29 is 41.7 Å². The number of amides is 1. The van der Waals surface area contributed by atoms with E-state index < -0.39 is 29.7 Å². The highest BCUT2D eigenvalue weighted by atomic mass is 19.4.